The van der Waals surface area contributed by atoms with E-state index in [1.807, 2.05) is 0 Å². The molecule has 1 saturated carbocycles. The molecule has 0 aromatic heterocycles. The van der Waals surface area contributed by atoms with Crippen molar-refractivity contribution in [2.75, 3.05) is 25.4 Å². The molecule has 136 valence electrons. The van der Waals surface area contributed by atoms with E-state index in [2.05, 4.69) is 50.1 Å². The van der Waals surface area contributed by atoms with Gasteiger partial charge in [0.05, 0.1) is 0 Å². The van der Waals surface area contributed by atoms with Crippen molar-refractivity contribution < 1.29 is 5.11 Å². The lowest BCUT2D eigenvalue weighted by molar-refractivity contribution is 0.245. The van der Waals surface area contributed by atoms with Gasteiger partial charge < -0.3 is 15.7 Å². The fourth-order valence-corrected chi connectivity index (χ4v) is 4.47. The molecule has 0 heterocycles. The molecular weight excluding hydrogens is 306 g/mol. The van der Waals surface area contributed by atoms with E-state index < -0.39 is 0 Å². The number of hydrogen-bond donors (Lipinski definition) is 3. The lowest BCUT2D eigenvalue weighted by Gasteiger charge is -2.20. The van der Waals surface area contributed by atoms with Crippen LogP contribution in [0, 0.1) is 11.8 Å². The van der Waals surface area contributed by atoms with Crippen LogP contribution in [0.4, 0.5) is 0 Å². The molecule has 0 radical (unpaired) electrons. The third-order valence-corrected chi connectivity index (χ3v) is 5.55. The predicted molar refractivity (Wildman–Crippen MR) is 103 cm³/mol. The smallest absolute Gasteiger partial charge is 0.191 e. The van der Waals surface area contributed by atoms with Gasteiger partial charge in [0.25, 0.3) is 0 Å². The molecule has 0 saturated heterocycles. The first-order valence-corrected chi connectivity index (χ1v) is 10.4. The predicted octanol–water partition coefficient (Wildman–Crippen LogP) is 3.26. The highest BCUT2D eigenvalue weighted by Gasteiger charge is 2.25. The summed E-state index contributed by atoms with van der Waals surface area (Å²) in [6.07, 6.45) is 5.78. The number of hydrogen-bond acceptors (Lipinski definition) is 3. The van der Waals surface area contributed by atoms with E-state index in [-0.39, 0.29) is 6.61 Å². The second-order valence-electron chi connectivity index (χ2n) is 6.96. The van der Waals surface area contributed by atoms with Crippen molar-refractivity contribution in [1.82, 2.24) is 10.6 Å². The molecule has 1 rings (SSSR count). The third kappa shape index (κ3) is 8.85. The molecule has 0 aromatic carbocycles. The van der Waals surface area contributed by atoms with Gasteiger partial charge in [-0.15, -0.1) is 0 Å². The summed E-state index contributed by atoms with van der Waals surface area (Å²) in [6, 6.07) is 0.554. The Morgan fingerprint density at radius 1 is 1.30 bits per heavy atom. The Labute approximate surface area is 147 Å². The Balaban J connectivity index is 2.51. The van der Waals surface area contributed by atoms with Gasteiger partial charge in [-0.1, -0.05) is 20.8 Å². The maximum Gasteiger partial charge on any atom is 0.191 e. The summed E-state index contributed by atoms with van der Waals surface area (Å²) >= 11 is 2.09. The molecule has 5 heteroatoms. The summed E-state index contributed by atoms with van der Waals surface area (Å²) in [5, 5.41) is 17.1. The number of aliphatic hydroxyl groups excluding tert-OH is 1. The minimum absolute atomic E-state index is 0.259. The van der Waals surface area contributed by atoms with Crippen molar-refractivity contribution in [2.45, 2.75) is 71.1 Å². The Hall–Kier alpha value is -0.420. The lowest BCUT2D eigenvalue weighted by atomic mass is 9.94. The molecule has 23 heavy (non-hydrogen) atoms. The minimum Gasteiger partial charge on any atom is -0.396 e. The number of nitrogens with one attached hydrogen (secondary N) is 2. The maximum atomic E-state index is 9.25. The van der Waals surface area contributed by atoms with E-state index in [4.69, 9.17) is 4.99 Å². The molecule has 3 unspecified atom stereocenters. The number of thioether (sulfide) groups is 1. The van der Waals surface area contributed by atoms with Crippen LogP contribution in [-0.2, 0) is 0 Å². The first-order valence-electron chi connectivity index (χ1n) is 9.36. The van der Waals surface area contributed by atoms with Crippen molar-refractivity contribution in [3.05, 3.63) is 0 Å². The molecule has 4 nitrogen and oxygen atoms in total. The summed E-state index contributed by atoms with van der Waals surface area (Å²) in [6.45, 7) is 10.8. The van der Waals surface area contributed by atoms with Gasteiger partial charge in [0.1, 0.15) is 0 Å². The van der Waals surface area contributed by atoms with Crippen molar-refractivity contribution in [3.8, 4) is 0 Å². The van der Waals surface area contributed by atoms with Gasteiger partial charge >= 0.3 is 0 Å². The average Bonchev–Trinajstić information content (AvgIpc) is 2.92. The molecule has 0 spiro atoms. The molecule has 0 aliphatic heterocycles. The fraction of sp³-hybridized carbons (Fsp3) is 0.944. The number of aliphatic hydroxyl groups is 1. The maximum absolute atomic E-state index is 9.25. The Kier molecular flexibility index (Phi) is 10.8. The van der Waals surface area contributed by atoms with Gasteiger partial charge in [0.2, 0.25) is 0 Å². The zero-order valence-corrected chi connectivity index (χ0v) is 16.3. The number of guanidine groups is 1. The number of rotatable bonds is 10. The van der Waals surface area contributed by atoms with Crippen LogP contribution < -0.4 is 10.6 Å². The second kappa shape index (κ2) is 12.0. The van der Waals surface area contributed by atoms with Gasteiger partial charge in [-0.2, -0.15) is 11.8 Å². The molecule has 3 N–H and O–H groups in total. The Morgan fingerprint density at radius 2 is 2.09 bits per heavy atom. The van der Waals surface area contributed by atoms with Gasteiger partial charge in [-0.3, -0.25) is 4.99 Å². The monoisotopic (exact) mass is 343 g/mol. The van der Waals surface area contributed by atoms with Crippen molar-refractivity contribution in [2.24, 2.45) is 16.8 Å². The van der Waals surface area contributed by atoms with Crippen molar-refractivity contribution in [1.29, 1.82) is 0 Å². The van der Waals surface area contributed by atoms with Crippen LogP contribution in [-0.4, -0.2) is 47.8 Å². The first-order chi connectivity index (χ1) is 11.1. The van der Waals surface area contributed by atoms with Gasteiger partial charge in [0, 0.05) is 31.0 Å². The number of aliphatic imine (C=N–C) groups is 1. The Morgan fingerprint density at radius 3 is 2.70 bits per heavy atom. The number of nitrogens with zero attached hydrogens (tertiary/aromatic N) is 1. The molecule has 1 aliphatic carbocycles. The molecule has 1 fully saturated rings. The largest absolute Gasteiger partial charge is 0.396 e. The molecule has 3 atom stereocenters. The fourth-order valence-electron chi connectivity index (χ4n) is 3.32. The first kappa shape index (κ1) is 20.6. The van der Waals surface area contributed by atoms with Crippen LogP contribution in [0.1, 0.15) is 59.8 Å². The zero-order chi connectivity index (χ0) is 17.1. The summed E-state index contributed by atoms with van der Waals surface area (Å²) in [5.74, 6) is 3.29. The summed E-state index contributed by atoms with van der Waals surface area (Å²) in [7, 11) is 0. The molecular formula is C18H37N3OS. The third-order valence-electron chi connectivity index (χ3n) is 4.32. The van der Waals surface area contributed by atoms with E-state index in [0.717, 1.165) is 37.1 Å². The van der Waals surface area contributed by atoms with Crippen LogP contribution in [0.25, 0.3) is 0 Å². The van der Waals surface area contributed by atoms with Crippen molar-refractivity contribution in [3.63, 3.8) is 0 Å². The van der Waals surface area contributed by atoms with E-state index in [1.165, 1.54) is 25.0 Å². The quantitative estimate of drug-likeness (QED) is 0.421. The van der Waals surface area contributed by atoms with E-state index in [1.54, 1.807) is 0 Å². The summed E-state index contributed by atoms with van der Waals surface area (Å²) < 4.78 is 0. The highest BCUT2D eigenvalue weighted by atomic mass is 32.2. The van der Waals surface area contributed by atoms with E-state index >= 15 is 0 Å². The average molecular weight is 344 g/mol. The van der Waals surface area contributed by atoms with Crippen LogP contribution in [0.3, 0.4) is 0 Å². The molecule has 0 amide bonds. The standard InChI is InChI=1S/C18H37N3OS/c1-5-19-18(20-13-15(9-10-22)11-14(3)4)21-16-7-8-17(12-16)23-6-2/h14-17,22H,5-13H2,1-4H3,(H2,19,20,21). The van der Waals surface area contributed by atoms with E-state index in [9.17, 15) is 5.11 Å². The highest BCUT2D eigenvalue weighted by Crippen LogP contribution is 2.29. The van der Waals surface area contributed by atoms with Crippen molar-refractivity contribution >= 4 is 17.7 Å². The van der Waals surface area contributed by atoms with Gasteiger partial charge in [-0.05, 0) is 56.6 Å². The van der Waals surface area contributed by atoms with Crippen LogP contribution >= 0.6 is 11.8 Å². The second-order valence-corrected chi connectivity index (χ2v) is 8.54. The van der Waals surface area contributed by atoms with Gasteiger partial charge in [-0.25, -0.2) is 0 Å². The highest BCUT2D eigenvalue weighted by molar-refractivity contribution is 7.99. The van der Waals surface area contributed by atoms with E-state index in [0.29, 0.717) is 17.9 Å². The van der Waals surface area contributed by atoms with Crippen LogP contribution in [0.15, 0.2) is 4.99 Å². The van der Waals surface area contributed by atoms with Crippen LogP contribution in [0.5, 0.6) is 0 Å². The SMILES string of the molecule is CCNC(=NCC(CCO)CC(C)C)NC1CCC(SCC)C1. The molecule has 0 aromatic rings. The normalized spacial score (nSPS) is 23.3. The Bertz CT molecular complexity index is 336. The molecule has 1 aliphatic rings. The summed E-state index contributed by atoms with van der Waals surface area (Å²) in [4.78, 5) is 4.80. The van der Waals surface area contributed by atoms with Gasteiger partial charge in [0.15, 0.2) is 5.96 Å². The zero-order valence-electron chi connectivity index (χ0n) is 15.5. The minimum atomic E-state index is 0.259. The topological polar surface area (TPSA) is 56.7 Å². The molecule has 0 bridgehead atoms. The summed E-state index contributed by atoms with van der Waals surface area (Å²) in [5.41, 5.74) is 0. The van der Waals surface area contributed by atoms with Crippen LogP contribution in [0.2, 0.25) is 0 Å². The lowest BCUT2D eigenvalue weighted by Crippen LogP contribution is -2.43.